The molecule has 0 spiro atoms. The molecular weight excluding hydrogens is 205 g/mol. The van der Waals surface area contributed by atoms with E-state index in [1.807, 2.05) is 25.1 Å². The molecule has 0 bridgehead atoms. The summed E-state index contributed by atoms with van der Waals surface area (Å²) in [5.74, 6) is -0.723. The number of halogens is 1. The summed E-state index contributed by atoms with van der Waals surface area (Å²) in [5, 5.41) is 0.723. The van der Waals surface area contributed by atoms with E-state index in [1.165, 1.54) is 10.6 Å². The van der Waals surface area contributed by atoms with E-state index >= 15 is 0 Å². The number of hydrogen-bond donors (Lipinski definition) is 0. The van der Waals surface area contributed by atoms with Gasteiger partial charge in [0.15, 0.2) is 5.82 Å². The zero-order chi connectivity index (χ0) is 11.5. The summed E-state index contributed by atoms with van der Waals surface area (Å²) in [6.45, 7) is 1.96. The fourth-order valence-corrected chi connectivity index (χ4v) is 1.61. The molecule has 3 heteroatoms. The van der Waals surface area contributed by atoms with Crippen LogP contribution in [0.2, 0.25) is 0 Å². The normalized spacial score (nSPS) is 11.4. The molecule has 0 saturated heterocycles. The van der Waals surface area contributed by atoms with Crippen molar-refractivity contribution >= 4 is 17.1 Å². The first-order valence-corrected chi connectivity index (χ1v) is 5.20. The molecule has 2 nitrogen and oxygen atoms in total. The van der Waals surface area contributed by atoms with E-state index in [1.54, 1.807) is 18.3 Å². The fourth-order valence-electron chi connectivity index (χ4n) is 1.61. The highest BCUT2D eigenvalue weighted by Gasteiger charge is 2.05. The van der Waals surface area contributed by atoms with Crippen LogP contribution < -0.4 is 5.56 Å². The lowest BCUT2D eigenvalue weighted by Gasteiger charge is -2.05. The molecule has 0 aliphatic heterocycles. The molecule has 0 atom stereocenters. The van der Waals surface area contributed by atoms with Crippen molar-refractivity contribution in [1.29, 1.82) is 0 Å². The van der Waals surface area contributed by atoms with E-state index in [2.05, 4.69) is 0 Å². The largest absolute Gasteiger partial charge is 0.291 e. The SMILES string of the molecule is CC/C=C\n1c(=O)c(F)cc2ccccc21. The minimum atomic E-state index is -0.723. The molecule has 0 unspecified atom stereocenters. The Balaban J connectivity index is 2.82. The molecule has 1 aromatic carbocycles. The molecule has 2 aromatic rings. The summed E-state index contributed by atoms with van der Waals surface area (Å²) in [6, 6.07) is 8.51. The van der Waals surface area contributed by atoms with Crippen LogP contribution in [-0.2, 0) is 0 Å². The second-order valence-electron chi connectivity index (χ2n) is 3.52. The van der Waals surface area contributed by atoms with E-state index in [0.29, 0.717) is 0 Å². The molecule has 0 aliphatic carbocycles. The molecule has 0 aliphatic rings. The van der Waals surface area contributed by atoms with Gasteiger partial charge in [-0.2, -0.15) is 0 Å². The Hall–Kier alpha value is -1.90. The molecule has 0 fully saturated rings. The minimum absolute atomic E-state index is 0.608. The molecule has 16 heavy (non-hydrogen) atoms. The summed E-state index contributed by atoms with van der Waals surface area (Å²) >= 11 is 0. The van der Waals surface area contributed by atoms with Crippen LogP contribution in [-0.4, -0.2) is 4.57 Å². The molecule has 0 amide bonds. The maximum atomic E-state index is 13.4. The Morgan fingerprint density at radius 3 is 2.88 bits per heavy atom. The van der Waals surface area contributed by atoms with E-state index < -0.39 is 11.4 Å². The molecular formula is C13H12FNO. The van der Waals surface area contributed by atoms with Crippen molar-refractivity contribution in [2.24, 2.45) is 0 Å². The van der Waals surface area contributed by atoms with Gasteiger partial charge in [-0.25, -0.2) is 4.39 Å². The lowest BCUT2D eigenvalue weighted by atomic mass is 10.2. The first-order valence-electron chi connectivity index (χ1n) is 5.20. The first kappa shape index (κ1) is 10.6. The third-order valence-corrected chi connectivity index (χ3v) is 2.39. The second-order valence-corrected chi connectivity index (χ2v) is 3.52. The lowest BCUT2D eigenvalue weighted by molar-refractivity contribution is 0.606. The maximum Gasteiger partial charge on any atom is 0.291 e. The lowest BCUT2D eigenvalue weighted by Crippen LogP contribution is -2.19. The summed E-state index contributed by atoms with van der Waals surface area (Å²) < 4.78 is 14.7. The zero-order valence-electron chi connectivity index (χ0n) is 8.98. The fraction of sp³-hybridized carbons (Fsp3) is 0.154. The van der Waals surface area contributed by atoms with Crippen LogP contribution in [0.15, 0.2) is 41.2 Å². The number of rotatable bonds is 2. The van der Waals surface area contributed by atoms with Gasteiger partial charge in [-0.15, -0.1) is 0 Å². The first-order chi connectivity index (χ1) is 7.74. The minimum Gasteiger partial charge on any atom is -0.282 e. The van der Waals surface area contributed by atoms with Gasteiger partial charge in [0, 0.05) is 11.6 Å². The van der Waals surface area contributed by atoms with E-state index in [0.717, 1.165) is 17.3 Å². The summed E-state index contributed by atoms with van der Waals surface area (Å²) in [7, 11) is 0. The van der Waals surface area contributed by atoms with Crippen LogP contribution in [0.3, 0.4) is 0 Å². The van der Waals surface area contributed by atoms with Crippen molar-refractivity contribution in [3.05, 3.63) is 52.6 Å². The van der Waals surface area contributed by atoms with Gasteiger partial charge < -0.3 is 0 Å². The predicted octanol–water partition coefficient (Wildman–Crippen LogP) is 3.02. The molecule has 1 aromatic heterocycles. The van der Waals surface area contributed by atoms with Gasteiger partial charge in [0.05, 0.1) is 5.52 Å². The molecule has 2 rings (SSSR count). The molecule has 0 saturated carbocycles. The Morgan fingerprint density at radius 2 is 2.12 bits per heavy atom. The zero-order valence-corrected chi connectivity index (χ0v) is 8.98. The highest BCUT2D eigenvalue weighted by Crippen LogP contribution is 2.12. The highest BCUT2D eigenvalue weighted by molar-refractivity contribution is 5.80. The Kier molecular flexibility index (Phi) is 2.86. The van der Waals surface area contributed by atoms with Crippen LogP contribution in [0.5, 0.6) is 0 Å². The van der Waals surface area contributed by atoms with Crippen molar-refractivity contribution in [2.45, 2.75) is 13.3 Å². The van der Waals surface area contributed by atoms with Crippen molar-refractivity contribution in [1.82, 2.24) is 4.57 Å². The van der Waals surface area contributed by atoms with E-state index in [9.17, 15) is 9.18 Å². The average Bonchev–Trinajstić information content (AvgIpc) is 2.30. The van der Waals surface area contributed by atoms with Gasteiger partial charge in [0.2, 0.25) is 0 Å². The van der Waals surface area contributed by atoms with Crippen LogP contribution in [0, 0.1) is 5.82 Å². The number of aromatic nitrogens is 1. The van der Waals surface area contributed by atoms with Crippen LogP contribution in [0.1, 0.15) is 13.3 Å². The smallest absolute Gasteiger partial charge is 0.282 e. The van der Waals surface area contributed by atoms with Gasteiger partial charge in [0.25, 0.3) is 5.56 Å². The standard InChI is InChI=1S/C13H12FNO/c1-2-3-8-15-12-7-5-4-6-10(12)9-11(14)13(15)16/h3-9H,2H2,1H3/b8-3-. The third-order valence-electron chi connectivity index (χ3n) is 2.39. The Bertz CT molecular complexity index is 598. The maximum absolute atomic E-state index is 13.4. The van der Waals surface area contributed by atoms with Crippen LogP contribution in [0.25, 0.3) is 17.1 Å². The predicted molar refractivity (Wildman–Crippen MR) is 63.8 cm³/mol. The van der Waals surface area contributed by atoms with Crippen LogP contribution in [0.4, 0.5) is 4.39 Å². The number of allylic oxidation sites excluding steroid dienone is 1. The summed E-state index contributed by atoms with van der Waals surface area (Å²) in [4.78, 5) is 11.6. The van der Waals surface area contributed by atoms with Gasteiger partial charge in [-0.3, -0.25) is 9.36 Å². The van der Waals surface area contributed by atoms with Crippen LogP contribution >= 0.6 is 0 Å². The summed E-state index contributed by atoms with van der Waals surface area (Å²) in [5.41, 5.74) is 0.113. The van der Waals surface area contributed by atoms with Gasteiger partial charge in [-0.05, 0) is 18.6 Å². The van der Waals surface area contributed by atoms with Gasteiger partial charge in [-0.1, -0.05) is 31.2 Å². The van der Waals surface area contributed by atoms with Crippen molar-refractivity contribution in [3.63, 3.8) is 0 Å². The van der Waals surface area contributed by atoms with E-state index in [-0.39, 0.29) is 0 Å². The monoisotopic (exact) mass is 217 g/mol. The molecule has 1 heterocycles. The van der Waals surface area contributed by atoms with Crippen molar-refractivity contribution in [3.8, 4) is 0 Å². The molecule has 0 N–H and O–H groups in total. The Labute approximate surface area is 92.6 Å². The summed E-state index contributed by atoms with van der Waals surface area (Å²) in [6.07, 6.45) is 4.25. The molecule has 82 valence electrons. The van der Waals surface area contributed by atoms with Gasteiger partial charge in [0.1, 0.15) is 0 Å². The number of para-hydroxylation sites is 1. The number of fused-ring (bicyclic) bond motifs is 1. The Morgan fingerprint density at radius 1 is 1.38 bits per heavy atom. The quantitative estimate of drug-likeness (QED) is 0.757. The number of nitrogens with zero attached hydrogens (tertiary/aromatic N) is 1. The average molecular weight is 217 g/mol. The number of benzene rings is 1. The molecule has 0 radical (unpaired) electrons. The second kappa shape index (κ2) is 4.31. The topological polar surface area (TPSA) is 22.0 Å². The van der Waals surface area contributed by atoms with Crippen molar-refractivity contribution in [2.75, 3.05) is 0 Å². The van der Waals surface area contributed by atoms with E-state index in [4.69, 9.17) is 0 Å². The third kappa shape index (κ3) is 1.76. The highest BCUT2D eigenvalue weighted by atomic mass is 19.1. The van der Waals surface area contributed by atoms with Crippen molar-refractivity contribution < 1.29 is 4.39 Å². The number of hydrogen-bond acceptors (Lipinski definition) is 1. The number of pyridine rings is 1. The van der Waals surface area contributed by atoms with Gasteiger partial charge >= 0.3 is 0 Å².